The van der Waals surface area contributed by atoms with E-state index in [0.717, 1.165) is 0 Å². The van der Waals surface area contributed by atoms with Crippen LogP contribution in [-0.2, 0) is 14.3 Å². The Morgan fingerprint density at radius 2 is 1.52 bits per heavy atom. The van der Waals surface area contributed by atoms with Gasteiger partial charge in [-0.05, 0) is 33.6 Å². The second kappa shape index (κ2) is 9.37. The van der Waals surface area contributed by atoms with Gasteiger partial charge >= 0.3 is 6.09 Å². The molecule has 0 aromatic carbocycles. The van der Waals surface area contributed by atoms with Gasteiger partial charge in [0.25, 0.3) is 0 Å². The third-order valence-electron chi connectivity index (χ3n) is 3.09. The minimum atomic E-state index is -0.587. The van der Waals surface area contributed by atoms with Crippen LogP contribution in [0.3, 0.4) is 0 Å². The number of carbonyl (C=O) groups is 3. The van der Waals surface area contributed by atoms with Crippen molar-refractivity contribution in [1.82, 2.24) is 16.0 Å². The Morgan fingerprint density at radius 3 is 1.96 bits per heavy atom. The van der Waals surface area contributed by atoms with Crippen molar-refractivity contribution in [2.24, 2.45) is 5.92 Å². The maximum absolute atomic E-state index is 12.1. The molecular formula is C16H31N3O4. The minimum absolute atomic E-state index is 0.0718. The highest BCUT2D eigenvalue weighted by Gasteiger charge is 2.24. The molecule has 3 amide bonds. The van der Waals surface area contributed by atoms with Crippen molar-refractivity contribution in [2.75, 3.05) is 7.05 Å². The van der Waals surface area contributed by atoms with Gasteiger partial charge in [0, 0.05) is 32.0 Å². The van der Waals surface area contributed by atoms with Crippen molar-refractivity contribution >= 4 is 17.9 Å². The molecule has 7 nitrogen and oxygen atoms in total. The fourth-order valence-electron chi connectivity index (χ4n) is 1.88. The Labute approximate surface area is 138 Å². The predicted molar refractivity (Wildman–Crippen MR) is 88.9 cm³/mol. The van der Waals surface area contributed by atoms with E-state index in [1.807, 2.05) is 13.8 Å². The minimum Gasteiger partial charge on any atom is -0.444 e. The number of nitrogens with one attached hydrogen (secondary N) is 3. The van der Waals surface area contributed by atoms with Gasteiger partial charge in [-0.25, -0.2) is 4.79 Å². The van der Waals surface area contributed by atoms with Gasteiger partial charge in [-0.15, -0.1) is 0 Å². The summed E-state index contributed by atoms with van der Waals surface area (Å²) in [5.74, 6) is -0.274. The normalized spacial score (nSPS) is 13.9. The zero-order valence-electron chi connectivity index (χ0n) is 15.3. The predicted octanol–water partition coefficient (Wildman–Crippen LogP) is 1.57. The average molecular weight is 329 g/mol. The number of hydrogen-bond acceptors (Lipinski definition) is 4. The van der Waals surface area contributed by atoms with E-state index in [1.54, 1.807) is 34.7 Å². The van der Waals surface area contributed by atoms with Crippen molar-refractivity contribution < 1.29 is 19.1 Å². The van der Waals surface area contributed by atoms with Crippen molar-refractivity contribution in [3.8, 4) is 0 Å². The third-order valence-corrected chi connectivity index (χ3v) is 3.09. The van der Waals surface area contributed by atoms with Crippen LogP contribution >= 0.6 is 0 Å². The Hall–Kier alpha value is -1.79. The summed E-state index contributed by atoms with van der Waals surface area (Å²) >= 11 is 0. The molecule has 0 aliphatic rings. The fraction of sp³-hybridized carbons (Fsp3) is 0.812. The number of hydrogen-bond donors (Lipinski definition) is 3. The quantitative estimate of drug-likeness (QED) is 0.660. The molecule has 23 heavy (non-hydrogen) atoms. The van der Waals surface area contributed by atoms with Gasteiger partial charge in [0.1, 0.15) is 5.60 Å². The molecule has 0 aromatic rings. The van der Waals surface area contributed by atoms with Crippen molar-refractivity contribution in [3.05, 3.63) is 0 Å². The van der Waals surface area contributed by atoms with Gasteiger partial charge < -0.3 is 20.7 Å². The van der Waals surface area contributed by atoms with Gasteiger partial charge in [-0.2, -0.15) is 0 Å². The maximum Gasteiger partial charge on any atom is 0.407 e. The lowest BCUT2D eigenvalue weighted by molar-refractivity contribution is -0.123. The van der Waals surface area contributed by atoms with Crippen LogP contribution < -0.4 is 16.0 Å². The molecule has 0 bridgehead atoms. The molecule has 0 rings (SSSR count). The van der Waals surface area contributed by atoms with Crippen LogP contribution in [0.5, 0.6) is 0 Å². The molecule has 7 heteroatoms. The Morgan fingerprint density at radius 1 is 0.957 bits per heavy atom. The van der Waals surface area contributed by atoms with E-state index >= 15 is 0 Å². The number of amides is 3. The topological polar surface area (TPSA) is 96.5 Å². The molecule has 0 saturated heterocycles. The number of carbonyl (C=O) groups excluding carboxylic acids is 3. The molecule has 0 spiro atoms. The molecule has 0 saturated carbocycles. The lowest BCUT2D eigenvalue weighted by atomic mass is 10.0. The van der Waals surface area contributed by atoms with E-state index in [-0.39, 0.29) is 42.7 Å². The van der Waals surface area contributed by atoms with Gasteiger partial charge in [0.15, 0.2) is 0 Å². The largest absolute Gasteiger partial charge is 0.444 e. The molecule has 0 radical (unpaired) electrons. The number of alkyl carbamates (subject to hydrolysis) is 1. The fourth-order valence-corrected chi connectivity index (χ4v) is 1.88. The van der Waals surface area contributed by atoms with Crippen LogP contribution in [-0.4, -0.2) is 42.6 Å². The lowest BCUT2D eigenvalue weighted by Crippen LogP contribution is -2.45. The monoisotopic (exact) mass is 329 g/mol. The summed E-state index contributed by atoms with van der Waals surface area (Å²) in [6, 6.07) is -0.603. The first-order chi connectivity index (χ1) is 10.4. The van der Waals surface area contributed by atoms with E-state index in [0.29, 0.717) is 0 Å². The smallest absolute Gasteiger partial charge is 0.407 e. The first-order valence-electron chi connectivity index (χ1n) is 7.94. The molecular weight excluding hydrogens is 298 g/mol. The Kier molecular flexibility index (Phi) is 8.64. The summed E-state index contributed by atoms with van der Waals surface area (Å²) in [6.45, 7) is 10.9. The first kappa shape index (κ1) is 21.2. The molecule has 0 aromatic heterocycles. The Bertz CT molecular complexity index is 416. The van der Waals surface area contributed by atoms with Crippen LogP contribution in [0.1, 0.15) is 54.4 Å². The highest BCUT2D eigenvalue weighted by atomic mass is 16.6. The zero-order valence-corrected chi connectivity index (χ0v) is 15.3. The van der Waals surface area contributed by atoms with E-state index in [2.05, 4.69) is 16.0 Å². The highest BCUT2D eigenvalue weighted by Crippen LogP contribution is 2.10. The van der Waals surface area contributed by atoms with Gasteiger partial charge in [0.05, 0.1) is 0 Å². The van der Waals surface area contributed by atoms with E-state index in [4.69, 9.17) is 4.74 Å². The van der Waals surface area contributed by atoms with Crippen LogP contribution in [0.15, 0.2) is 0 Å². The summed E-state index contributed by atoms with van der Waals surface area (Å²) in [6.07, 6.45) is -0.189. The third kappa shape index (κ3) is 10.5. The molecule has 3 N–H and O–H groups in total. The number of rotatable bonds is 7. The molecule has 134 valence electrons. The molecule has 2 atom stereocenters. The van der Waals surface area contributed by atoms with Crippen molar-refractivity contribution in [3.63, 3.8) is 0 Å². The highest BCUT2D eigenvalue weighted by molar-refractivity contribution is 5.80. The summed E-state index contributed by atoms with van der Waals surface area (Å²) in [7, 11) is 1.55. The van der Waals surface area contributed by atoms with Crippen LogP contribution in [0, 0.1) is 5.92 Å². The van der Waals surface area contributed by atoms with Gasteiger partial charge in [-0.1, -0.05) is 13.8 Å². The SMILES string of the molecule is CNC(=O)C[C@H](C)NC(=O)C[C@@H](NC(=O)OC(C)(C)C)C(C)C. The van der Waals surface area contributed by atoms with Crippen LogP contribution in [0.25, 0.3) is 0 Å². The van der Waals surface area contributed by atoms with Crippen LogP contribution in [0.2, 0.25) is 0 Å². The molecule has 0 aliphatic carbocycles. The average Bonchev–Trinajstić information content (AvgIpc) is 2.34. The van der Waals surface area contributed by atoms with E-state index in [1.165, 1.54) is 0 Å². The van der Waals surface area contributed by atoms with E-state index < -0.39 is 11.7 Å². The second-order valence-corrected chi connectivity index (χ2v) is 7.05. The summed E-state index contributed by atoms with van der Waals surface area (Å²) in [5.41, 5.74) is -0.587. The standard InChI is InChI=1S/C16H31N3O4/c1-10(2)12(19-15(22)23-16(4,5)6)9-14(21)18-11(3)8-13(20)17-7/h10-12H,8-9H2,1-7H3,(H,17,20)(H,18,21)(H,19,22)/t11-,12+/m0/s1. The molecule has 0 fully saturated rings. The Balaban J connectivity index is 4.49. The maximum atomic E-state index is 12.1. The zero-order chi connectivity index (χ0) is 18.2. The number of ether oxygens (including phenoxy) is 1. The lowest BCUT2D eigenvalue weighted by Gasteiger charge is -2.26. The van der Waals surface area contributed by atoms with E-state index in [9.17, 15) is 14.4 Å². The van der Waals surface area contributed by atoms with Crippen LogP contribution in [0.4, 0.5) is 4.79 Å². The van der Waals surface area contributed by atoms with Crippen molar-refractivity contribution in [2.45, 2.75) is 72.1 Å². The summed E-state index contributed by atoms with van der Waals surface area (Å²) in [4.78, 5) is 35.2. The van der Waals surface area contributed by atoms with Gasteiger partial charge in [-0.3, -0.25) is 9.59 Å². The summed E-state index contributed by atoms with van der Waals surface area (Å²) < 4.78 is 5.21. The molecule has 0 aliphatic heterocycles. The molecule has 0 heterocycles. The summed E-state index contributed by atoms with van der Waals surface area (Å²) in [5, 5.41) is 8.00. The first-order valence-corrected chi connectivity index (χ1v) is 7.94. The van der Waals surface area contributed by atoms with Gasteiger partial charge in [0.2, 0.25) is 11.8 Å². The van der Waals surface area contributed by atoms with Crippen molar-refractivity contribution in [1.29, 1.82) is 0 Å². The second-order valence-electron chi connectivity index (χ2n) is 7.05. The molecule has 0 unspecified atom stereocenters.